The molecule has 0 N–H and O–H groups in total. The number of hydrogen-bond donors (Lipinski definition) is 0. The van der Waals surface area contributed by atoms with Crippen LogP contribution in [0.5, 0.6) is 0 Å². The minimum absolute atomic E-state index is 0.261. The predicted octanol–water partition coefficient (Wildman–Crippen LogP) is 3.98. The quantitative estimate of drug-likeness (QED) is 0.783. The van der Waals surface area contributed by atoms with Crippen molar-refractivity contribution in [2.24, 2.45) is 0 Å². The number of benzene rings is 1. The monoisotopic (exact) mass is 354 g/mol. The topological polar surface area (TPSA) is 40.6 Å². The maximum Gasteiger partial charge on any atom is 0.300 e. The zero-order valence-corrected chi connectivity index (χ0v) is 15.6. The molecule has 1 aromatic heterocycles. The summed E-state index contributed by atoms with van der Waals surface area (Å²) in [6.07, 6.45) is 1.01. The lowest BCUT2D eigenvalue weighted by Crippen LogP contribution is -2.44. The molecule has 25 heavy (non-hydrogen) atoms. The number of carbonyl (C=O) groups excluding carboxylic acids is 2. The third-order valence-electron chi connectivity index (χ3n) is 5.39. The summed E-state index contributed by atoms with van der Waals surface area (Å²) >= 11 is 1.81. The summed E-state index contributed by atoms with van der Waals surface area (Å²) in [4.78, 5) is 30.4. The van der Waals surface area contributed by atoms with E-state index in [9.17, 15) is 9.59 Å². The highest BCUT2D eigenvalue weighted by Crippen LogP contribution is 2.36. The molecule has 0 fully saturated rings. The number of hydrogen-bond acceptors (Lipinski definition) is 4. The normalized spacial score (nSPS) is 20.3. The number of anilines is 1. The molecule has 0 saturated carbocycles. The van der Waals surface area contributed by atoms with Crippen LogP contribution in [0.25, 0.3) is 0 Å². The first-order chi connectivity index (χ1) is 12.0. The Bertz CT molecular complexity index is 855. The summed E-state index contributed by atoms with van der Waals surface area (Å²) in [6.45, 7) is 7.74. The summed E-state index contributed by atoms with van der Waals surface area (Å²) < 4.78 is 0. The summed E-state index contributed by atoms with van der Waals surface area (Å²) in [5.74, 6) is -0.445. The van der Waals surface area contributed by atoms with E-state index in [1.54, 1.807) is 16.2 Å². The second-order valence-electron chi connectivity index (χ2n) is 7.17. The highest BCUT2D eigenvalue weighted by molar-refractivity contribution is 7.10. The average molecular weight is 354 g/mol. The smallest absolute Gasteiger partial charge is 0.291 e. The lowest BCUT2D eigenvalue weighted by Gasteiger charge is -2.36. The number of thiophene rings is 1. The third kappa shape index (κ3) is 2.62. The summed E-state index contributed by atoms with van der Waals surface area (Å²) in [7, 11) is 0. The molecule has 4 rings (SSSR count). The molecule has 0 bridgehead atoms. The van der Waals surface area contributed by atoms with Crippen molar-refractivity contribution in [1.82, 2.24) is 4.90 Å². The van der Waals surface area contributed by atoms with Gasteiger partial charge >= 0.3 is 5.91 Å². The van der Waals surface area contributed by atoms with Crippen molar-refractivity contribution < 1.29 is 9.59 Å². The van der Waals surface area contributed by atoms with Crippen LogP contribution in [0.1, 0.15) is 59.1 Å². The van der Waals surface area contributed by atoms with E-state index in [4.69, 9.17) is 0 Å². The van der Waals surface area contributed by atoms with E-state index in [0.717, 1.165) is 24.2 Å². The fourth-order valence-electron chi connectivity index (χ4n) is 3.75. The van der Waals surface area contributed by atoms with Gasteiger partial charge in [-0.15, -0.1) is 11.3 Å². The van der Waals surface area contributed by atoms with Crippen LogP contribution in [0.4, 0.5) is 5.69 Å². The fraction of sp³-hybridized carbons (Fsp3) is 0.400. The van der Waals surface area contributed by atoms with Crippen molar-refractivity contribution in [2.45, 2.75) is 39.2 Å². The Labute approximate surface area is 152 Å². The van der Waals surface area contributed by atoms with E-state index >= 15 is 0 Å². The van der Waals surface area contributed by atoms with E-state index in [0.29, 0.717) is 18.2 Å². The van der Waals surface area contributed by atoms with E-state index in [-0.39, 0.29) is 11.8 Å². The van der Waals surface area contributed by atoms with Crippen molar-refractivity contribution in [3.8, 4) is 0 Å². The molecule has 2 aliphatic rings. The molecule has 130 valence electrons. The summed E-state index contributed by atoms with van der Waals surface area (Å²) in [5, 5.41) is 2.14. The molecule has 1 aromatic carbocycles. The number of fused-ring (bicyclic) bond motifs is 2. The Hall–Kier alpha value is -1.98. The maximum atomic E-state index is 12.6. The molecule has 2 aliphatic heterocycles. The number of rotatable bonds is 3. The van der Waals surface area contributed by atoms with E-state index in [1.807, 2.05) is 18.2 Å². The second-order valence-corrected chi connectivity index (χ2v) is 8.17. The van der Waals surface area contributed by atoms with Gasteiger partial charge < -0.3 is 0 Å². The van der Waals surface area contributed by atoms with Gasteiger partial charge in [-0.2, -0.15) is 0 Å². The fourth-order valence-corrected chi connectivity index (χ4v) is 4.72. The minimum Gasteiger partial charge on any atom is -0.291 e. The first kappa shape index (κ1) is 16.5. The van der Waals surface area contributed by atoms with Gasteiger partial charge in [0.05, 0.1) is 17.9 Å². The van der Waals surface area contributed by atoms with Crippen molar-refractivity contribution in [3.63, 3.8) is 0 Å². The van der Waals surface area contributed by atoms with Crippen LogP contribution in [-0.2, 0) is 11.2 Å². The molecular formula is C20H22N2O2S. The maximum absolute atomic E-state index is 12.6. The minimum atomic E-state index is -0.403. The van der Waals surface area contributed by atoms with Crippen LogP contribution in [-0.4, -0.2) is 29.8 Å². The van der Waals surface area contributed by atoms with Crippen LogP contribution >= 0.6 is 11.3 Å². The molecule has 2 aromatic rings. The van der Waals surface area contributed by atoms with Gasteiger partial charge in [-0.25, -0.2) is 0 Å². The van der Waals surface area contributed by atoms with E-state index in [1.165, 1.54) is 10.4 Å². The molecule has 0 unspecified atom stereocenters. The van der Waals surface area contributed by atoms with Crippen LogP contribution < -0.4 is 4.90 Å². The SMILES string of the molecule is CC(C)c1ccc2c(c1)C(=O)C(=O)N2CN1CCc2sccc2[C@H]1C. The molecular weight excluding hydrogens is 332 g/mol. The van der Waals surface area contributed by atoms with Crippen LogP contribution in [0.15, 0.2) is 29.6 Å². The number of amides is 1. The highest BCUT2D eigenvalue weighted by Gasteiger charge is 2.38. The zero-order valence-electron chi connectivity index (χ0n) is 14.8. The van der Waals surface area contributed by atoms with Crippen molar-refractivity contribution in [3.05, 3.63) is 51.2 Å². The summed E-state index contributed by atoms with van der Waals surface area (Å²) in [5.41, 5.74) is 3.75. The highest BCUT2D eigenvalue weighted by atomic mass is 32.1. The number of nitrogens with zero attached hydrogens (tertiary/aromatic N) is 2. The Morgan fingerprint density at radius 1 is 1.24 bits per heavy atom. The van der Waals surface area contributed by atoms with Gasteiger partial charge in [0.25, 0.3) is 5.78 Å². The number of Topliss-reactive ketones (excluding diaryl/α,β-unsaturated/α-hetero) is 1. The van der Waals surface area contributed by atoms with Gasteiger partial charge in [0, 0.05) is 17.5 Å². The molecule has 5 heteroatoms. The van der Waals surface area contributed by atoms with Gasteiger partial charge in [-0.05, 0) is 54.0 Å². The van der Waals surface area contributed by atoms with Gasteiger partial charge in [0.15, 0.2) is 0 Å². The second kappa shape index (κ2) is 6.07. The van der Waals surface area contributed by atoms with Crippen molar-refractivity contribution in [2.75, 3.05) is 18.1 Å². The van der Waals surface area contributed by atoms with Crippen molar-refractivity contribution in [1.29, 1.82) is 0 Å². The van der Waals surface area contributed by atoms with Crippen molar-refractivity contribution >= 4 is 28.7 Å². The lowest BCUT2D eigenvalue weighted by atomic mass is 9.99. The van der Waals surface area contributed by atoms with Gasteiger partial charge in [0.1, 0.15) is 0 Å². The lowest BCUT2D eigenvalue weighted by molar-refractivity contribution is -0.114. The number of ketones is 1. The van der Waals surface area contributed by atoms with Gasteiger partial charge in [0.2, 0.25) is 0 Å². The first-order valence-electron chi connectivity index (χ1n) is 8.78. The molecule has 0 saturated heterocycles. The molecule has 0 aliphatic carbocycles. The molecule has 0 radical (unpaired) electrons. The van der Waals surface area contributed by atoms with Crippen LogP contribution in [0, 0.1) is 0 Å². The van der Waals surface area contributed by atoms with Crippen LogP contribution in [0.3, 0.4) is 0 Å². The molecule has 0 spiro atoms. The Morgan fingerprint density at radius 2 is 2.04 bits per heavy atom. The van der Waals surface area contributed by atoms with E-state index < -0.39 is 5.91 Å². The molecule has 1 amide bonds. The van der Waals surface area contributed by atoms with Gasteiger partial charge in [-0.3, -0.25) is 19.4 Å². The molecule has 4 nitrogen and oxygen atoms in total. The first-order valence-corrected chi connectivity index (χ1v) is 9.65. The molecule has 1 atom stereocenters. The standard InChI is InChI=1S/C20H22N2O2S/c1-12(2)14-4-5-17-16(10-14)19(23)20(24)22(17)11-21-8-6-18-15(13(21)3)7-9-25-18/h4-5,7,9-10,12-13H,6,8,11H2,1-3H3/t13-/m1/s1. The zero-order chi connectivity index (χ0) is 17.7. The Balaban J connectivity index is 1.62. The predicted molar refractivity (Wildman–Crippen MR) is 100 cm³/mol. The largest absolute Gasteiger partial charge is 0.300 e. The Morgan fingerprint density at radius 3 is 2.80 bits per heavy atom. The average Bonchev–Trinajstić information content (AvgIpc) is 3.16. The Kier molecular flexibility index (Phi) is 4.01. The number of carbonyl (C=O) groups is 2. The third-order valence-corrected chi connectivity index (χ3v) is 6.39. The van der Waals surface area contributed by atoms with E-state index in [2.05, 4.69) is 37.1 Å². The summed E-state index contributed by atoms with van der Waals surface area (Å²) in [6, 6.07) is 8.28. The van der Waals surface area contributed by atoms with Gasteiger partial charge in [-0.1, -0.05) is 19.9 Å². The molecule has 3 heterocycles. The van der Waals surface area contributed by atoms with Crippen LogP contribution in [0.2, 0.25) is 0 Å².